The molecule has 0 N–H and O–H groups in total. The van der Waals surface area contributed by atoms with Crippen LogP contribution in [0.1, 0.15) is 45.1 Å². The number of hydrogen-bond acceptors (Lipinski definition) is 5. The Kier molecular flexibility index (Phi) is 6.82. The molecule has 5 rings (SSSR count). The summed E-state index contributed by atoms with van der Waals surface area (Å²) >= 11 is 0. The lowest BCUT2D eigenvalue weighted by atomic mass is 9.79. The number of ether oxygens (including phenoxy) is 2. The van der Waals surface area contributed by atoms with Crippen molar-refractivity contribution in [1.29, 1.82) is 0 Å². The maximum absolute atomic E-state index is 12.4. The van der Waals surface area contributed by atoms with Crippen molar-refractivity contribution in [2.24, 2.45) is 17.3 Å². The number of anilines is 1. The molecule has 3 aliphatic rings. The molecule has 0 amide bonds. The Morgan fingerprint density at radius 3 is 2.24 bits per heavy atom. The first-order valence-electron chi connectivity index (χ1n) is 13.0. The molecule has 3 fully saturated rings. The van der Waals surface area contributed by atoms with E-state index < -0.39 is 0 Å². The van der Waals surface area contributed by atoms with Crippen molar-refractivity contribution < 1.29 is 14.3 Å². The van der Waals surface area contributed by atoms with Crippen LogP contribution in [0.15, 0.2) is 54.6 Å². The van der Waals surface area contributed by atoms with Gasteiger partial charge in [0.15, 0.2) is 0 Å². The summed E-state index contributed by atoms with van der Waals surface area (Å²) in [5.41, 5.74) is 2.25. The van der Waals surface area contributed by atoms with Crippen molar-refractivity contribution >= 4 is 11.7 Å². The quantitative estimate of drug-likeness (QED) is 0.483. The van der Waals surface area contributed by atoms with E-state index >= 15 is 0 Å². The van der Waals surface area contributed by atoms with E-state index in [1.54, 1.807) is 0 Å². The highest BCUT2D eigenvalue weighted by atomic mass is 16.6. The molecule has 3 unspecified atom stereocenters. The van der Waals surface area contributed by atoms with E-state index in [-0.39, 0.29) is 17.5 Å². The molecule has 5 nitrogen and oxygen atoms in total. The van der Waals surface area contributed by atoms with Gasteiger partial charge in [-0.25, -0.2) is 0 Å². The fraction of sp³-hybridized carbons (Fsp3) is 0.552. The first kappa shape index (κ1) is 23.2. The van der Waals surface area contributed by atoms with Gasteiger partial charge in [0, 0.05) is 44.8 Å². The number of fused-ring (bicyclic) bond motifs is 1. The van der Waals surface area contributed by atoms with Crippen LogP contribution in [0.2, 0.25) is 0 Å². The number of hydrogen-bond donors (Lipinski definition) is 0. The summed E-state index contributed by atoms with van der Waals surface area (Å²) in [7, 11) is 0. The van der Waals surface area contributed by atoms with E-state index in [0.717, 1.165) is 76.0 Å². The third kappa shape index (κ3) is 4.81. The zero-order valence-corrected chi connectivity index (χ0v) is 20.6. The first-order chi connectivity index (χ1) is 16.6. The number of esters is 1. The molecule has 5 heteroatoms. The summed E-state index contributed by atoms with van der Waals surface area (Å²) < 4.78 is 11.7. The van der Waals surface area contributed by atoms with Crippen LogP contribution in [0.3, 0.4) is 0 Å². The van der Waals surface area contributed by atoms with Gasteiger partial charge in [0.2, 0.25) is 0 Å². The highest BCUT2D eigenvalue weighted by molar-refractivity contribution is 5.78. The van der Waals surface area contributed by atoms with Crippen LogP contribution in [0.25, 0.3) is 0 Å². The average Bonchev–Trinajstić information content (AvgIpc) is 3.54. The second kappa shape index (κ2) is 9.99. The van der Waals surface area contributed by atoms with E-state index in [0.29, 0.717) is 6.61 Å². The van der Waals surface area contributed by atoms with Gasteiger partial charge >= 0.3 is 5.97 Å². The predicted molar refractivity (Wildman–Crippen MR) is 135 cm³/mol. The van der Waals surface area contributed by atoms with Crippen LogP contribution in [0, 0.1) is 17.3 Å². The highest BCUT2D eigenvalue weighted by Crippen LogP contribution is 2.41. The van der Waals surface area contributed by atoms with Crippen LogP contribution >= 0.6 is 0 Å². The lowest BCUT2D eigenvalue weighted by molar-refractivity contribution is -0.149. The van der Waals surface area contributed by atoms with Crippen molar-refractivity contribution in [2.45, 2.75) is 52.2 Å². The smallest absolute Gasteiger partial charge is 0.312 e. The second-order valence-electron chi connectivity index (χ2n) is 10.5. The molecule has 3 atom stereocenters. The van der Waals surface area contributed by atoms with Gasteiger partial charge in [0.05, 0.1) is 5.41 Å². The van der Waals surface area contributed by atoms with E-state index in [4.69, 9.17) is 9.47 Å². The summed E-state index contributed by atoms with van der Waals surface area (Å²) in [6.07, 6.45) is 3.76. The van der Waals surface area contributed by atoms with Crippen LogP contribution < -0.4 is 9.64 Å². The zero-order valence-electron chi connectivity index (χ0n) is 20.6. The maximum atomic E-state index is 12.4. The molecule has 3 heterocycles. The third-order valence-electron chi connectivity index (χ3n) is 8.46. The van der Waals surface area contributed by atoms with Crippen LogP contribution in [-0.2, 0) is 16.1 Å². The van der Waals surface area contributed by atoms with Crippen molar-refractivity contribution in [1.82, 2.24) is 4.90 Å². The lowest BCUT2D eigenvalue weighted by Crippen LogP contribution is -2.30. The number of rotatable bonds is 9. The average molecular weight is 463 g/mol. The SMILES string of the molecule is CCC1(CC)CC(CCN2CC3CN(c4ccc(OCc5ccccc5)cc4)CC3C2)OC1=O. The summed E-state index contributed by atoms with van der Waals surface area (Å²) in [6, 6.07) is 18.9. The molecule has 34 heavy (non-hydrogen) atoms. The zero-order chi connectivity index (χ0) is 23.5. The first-order valence-corrected chi connectivity index (χ1v) is 13.0. The van der Waals surface area contributed by atoms with Crippen molar-refractivity contribution in [3.8, 4) is 5.75 Å². The van der Waals surface area contributed by atoms with Crippen LogP contribution in [0.4, 0.5) is 5.69 Å². The Hall–Kier alpha value is -2.53. The van der Waals surface area contributed by atoms with Crippen molar-refractivity contribution in [3.63, 3.8) is 0 Å². The van der Waals surface area contributed by atoms with Crippen LogP contribution in [0.5, 0.6) is 5.75 Å². The monoisotopic (exact) mass is 462 g/mol. The minimum Gasteiger partial charge on any atom is -0.489 e. The molecule has 3 aliphatic heterocycles. The summed E-state index contributed by atoms with van der Waals surface area (Å²) in [4.78, 5) is 17.5. The molecule has 182 valence electrons. The highest BCUT2D eigenvalue weighted by Gasteiger charge is 2.46. The van der Waals surface area contributed by atoms with Gasteiger partial charge in [-0.1, -0.05) is 44.2 Å². The van der Waals surface area contributed by atoms with Crippen LogP contribution in [-0.4, -0.2) is 49.7 Å². The normalized spacial score (nSPS) is 26.0. The fourth-order valence-corrected chi connectivity index (χ4v) is 6.13. The molecule has 0 radical (unpaired) electrons. The van der Waals surface area contributed by atoms with E-state index in [1.165, 1.54) is 11.3 Å². The Morgan fingerprint density at radius 2 is 1.62 bits per heavy atom. The van der Waals surface area contributed by atoms with Crippen molar-refractivity contribution in [2.75, 3.05) is 37.6 Å². The number of benzene rings is 2. The topological polar surface area (TPSA) is 42.0 Å². The Morgan fingerprint density at radius 1 is 0.941 bits per heavy atom. The van der Waals surface area contributed by atoms with Gasteiger partial charge in [-0.3, -0.25) is 4.79 Å². The number of nitrogens with zero attached hydrogens (tertiary/aromatic N) is 2. The molecule has 0 spiro atoms. The number of cyclic esters (lactones) is 1. The minimum atomic E-state index is -0.227. The van der Waals surface area contributed by atoms with Gasteiger partial charge in [-0.05, 0) is 60.9 Å². The molecular weight excluding hydrogens is 424 g/mol. The Balaban J connectivity index is 1.07. The summed E-state index contributed by atoms with van der Waals surface area (Å²) in [5.74, 6) is 2.41. The molecule has 0 bridgehead atoms. The predicted octanol–water partition coefficient (Wildman–Crippen LogP) is 5.15. The van der Waals surface area contributed by atoms with Crippen molar-refractivity contribution in [3.05, 3.63) is 60.2 Å². The third-order valence-corrected chi connectivity index (χ3v) is 8.46. The van der Waals surface area contributed by atoms with E-state index in [1.807, 2.05) is 18.2 Å². The maximum Gasteiger partial charge on any atom is 0.312 e. The lowest BCUT2D eigenvalue weighted by Gasteiger charge is -2.24. The Labute approximate surface area is 204 Å². The van der Waals surface area contributed by atoms with Gasteiger partial charge in [0.25, 0.3) is 0 Å². The molecule has 0 aliphatic carbocycles. The summed E-state index contributed by atoms with van der Waals surface area (Å²) in [6.45, 7) is 10.4. The number of carbonyl (C=O) groups excluding carboxylic acids is 1. The molecule has 0 aromatic heterocycles. The Bertz CT molecular complexity index is 943. The molecule has 2 aromatic carbocycles. The molecule has 0 saturated carbocycles. The van der Waals surface area contributed by atoms with Gasteiger partial charge in [-0.2, -0.15) is 0 Å². The van der Waals surface area contributed by atoms with Gasteiger partial charge < -0.3 is 19.3 Å². The molecular formula is C29H38N2O3. The molecule has 3 saturated heterocycles. The standard InChI is InChI=1S/C29H38N2O3/c1-3-29(4-2)16-27(34-28(29)32)14-15-30-17-23-19-31(20-24(23)18-30)25-10-12-26(13-11-25)33-21-22-8-6-5-7-9-22/h5-13,23-24,27H,3-4,14-21H2,1-2H3. The van der Waals surface area contributed by atoms with Gasteiger partial charge in [-0.15, -0.1) is 0 Å². The fourth-order valence-electron chi connectivity index (χ4n) is 6.13. The van der Waals surface area contributed by atoms with Gasteiger partial charge in [0.1, 0.15) is 18.5 Å². The van der Waals surface area contributed by atoms with E-state index in [9.17, 15) is 4.79 Å². The number of likely N-dealkylation sites (tertiary alicyclic amines) is 1. The largest absolute Gasteiger partial charge is 0.489 e. The number of carbonyl (C=O) groups is 1. The molecule has 2 aromatic rings. The second-order valence-corrected chi connectivity index (χ2v) is 10.5. The minimum absolute atomic E-state index is 0.0351. The van der Waals surface area contributed by atoms with E-state index in [2.05, 4.69) is 60.0 Å². The summed E-state index contributed by atoms with van der Waals surface area (Å²) in [5, 5.41) is 0.